The van der Waals surface area contributed by atoms with Crippen LogP contribution in [0.1, 0.15) is 28.0 Å². The fourth-order valence-corrected chi connectivity index (χ4v) is 2.62. The maximum atomic E-state index is 11.6. The van der Waals surface area contributed by atoms with Gasteiger partial charge >= 0.3 is 0 Å². The Morgan fingerprint density at radius 3 is 3.05 bits per heavy atom. The van der Waals surface area contributed by atoms with E-state index in [0.717, 1.165) is 23.4 Å². The van der Waals surface area contributed by atoms with Crippen LogP contribution in [0.3, 0.4) is 0 Å². The van der Waals surface area contributed by atoms with Gasteiger partial charge in [-0.05, 0) is 25.0 Å². The van der Waals surface area contributed by atoms with Crippen molar-refractivity contribution < 1.29 is 4.79 Å². The molecule has 0 saturated carbocycles. The molecule has 0 radical (unpaired) electrons. The maximum absolute atomic E-state index is 11.6. The minimum absolute atomic E-state index is 0.121. The predicted molar refractivity (Wildman–Crippen MR) is 76.8 cm³/mol. The van der Waals surface area contributed by atoms with Crippen LogP contribution in [0.25, 0.3) is 0 Å². The maximum Gasteiger partial charge on any atom is 0.270 e. The minimum atomic E-state index is -0.121. The SMILES string of the molecule is CCNC(=O)c1csc(CCc2cccnc2Cl)n1. The number of rotatable bonds is 5. The van der Waals surface area contributed by atoms with E-state index in [9.17, 15) is 4.79 Å². The van der Waals surface area contributed by atoms with E-state index in [1.54, 1.807) is 11.6 Å². The molecule has 4 nitrogen and oxygen atoms in total. The first-order valence-electron chi connectivity index (χ1n) is 6.02. The topological polar surface area (TPSA) is 54.9 Å². The van der Waals surface area contributed by atoms with Gasteiger partial charge in [-0.2, -0.15) is 0 Å². The summed E-state index contributed by atoms with van der Waals surface area (Å²) in [6.07, 6.45) is 3.20. The fraction of sp³-hybridized carbons (Fsp3) is 0.308. The highest BCUT2D eigenvalue weighted by molar-refractivity contribution is 7.09. The lowest BCUT2D eigenvalue weighted by molar-refractivity contribution is 0.0951. The Kier molecular flexibility index (Phi) is 4.87. The number of halogens is 1. The minimum Gasteiger partial charge on any atom is -0.351 e. The van der Waals surface area contributed by atoms with E-state index in [1.807, 2.05) is 19.1 Å². The molecule has 6 heteroatoms. The van der Waals surface area contributed by atoms with Crippen molar-refractivity contribution in [2.45, 2.75) is 19.8 Å². The second-order valence-corrected chi connectivity index (χ2v) is 5.24. The molecule has 0 aliphatic heterocycles. The number of thiazole rings is 1. The van der Waals surface area contributed by atoms with Crippen LogP contribution in [0.5, 0.6) is 0 Å². The Morgan fingerprint density at radius 1 is 1.47 bits per heavy atom. The van der Waals surface area contributed by atoms with E-state index in [-0.39, 0.29) is 5.91 Å². The summed E-state index contributed by atoms with van der Waals surface area (Å²) in [6, 6.07) is 3.82. The second kappa shape index (κ2) is 6.63. The van der Waals surface area contributed by atoms with Crippen LogP contribution in [0.4, 0.5) is 0 Å². The summed E-state index contributed by atoms with van der Waals surface area (Å²) in [5.41, 5.74) is 1.48. The van der Waals surface area contributed by atoms with Gasteiger partial charge in [-0.15, -0.1) is 11.3 Å². The zero-order valence-corrected chi connectivity index (χ0v) is 12.1. The van der Waals surface area contributed by atoms with Crippen molar-refractivity contribution >= 4 is 28.8 Å². The van der Waals surface area contributed by atoms with Crippen LogP contribution >= 0.6 is 22.9 Å². The van der Waals surface area contributed by atoms with Crippen molar-refractivity contribution in [3.05, 3.63) is 45.1 Å². The number of nitrogens with one attached hydrogen (secondary N) is 1. The van der Waals surface area contributed by atoms with Gasteiger partial charge in [0.15, 0.2) is 0 Å². The largest absolute Gasteiger partial charge is 0.351 e. The predicted octanol–water partition coefficient (Wildman–Crippen LogP) is 2.73. The summed E-state index contributed by atoms with van der Waals surface area (Å²) in [4.78, 5) is 19.9. The van der Waals surface area contributed by atoms with Gasteiger partial charge in [0, 0.05) is 24.5 Å². The molecule has 0 unspecified atom stereocenters. The number of hydrogen-bond acceptors (Lipinski definition) is 4. The number of carbonyl (C=O) groups is 1. The van der Waals surface area contributed by atoms with Crippen molar-refractivity contribution in [3.8, 4) is 0 Å². The molecule has 0 aromatic carbocycles. The van der Waals surface area contributed by atoms with E-state index < -0.39 is 0 Å². The molecule has 2 rings (SSSR count). The third-order valence-electron chi connectivity index (χ3n) is 2.57. The van der Waals surface area contributed by atoms with Gasteiger partial charge in [0.05, 0.1) is 5.01 Å². The zero-order valence-electron chi connectivity index (χ0n) is 10.5. The first-order chi connectivity index (χ1) is 9.20. The average molecular weight is 296 g/mol. The molecule has 100 valence electrons. The Labute approximate surface area is 120 Å². The van der Waals surface area contributed by atoms with Crippen LogP contribution in [-0.4, -0.2) is 22.4 Å². The molecule has 0 aliphatic rings. The van der Waals surface area contributed by atoms with Gasteiger partial charge in [0.2, 0.25) is 0 Å². The molecule has 0 atom stereocenters. The van der Waals surface area contributed by atoms with Crippen molar-refractivity contribution in [3.63, 3.8) is 0 Å². The van der Waals surface area contributed by atoms with E-state index in [4.69, 9.17) is 11.6 Å². The average Bonchev–Trinajstić information content (AvgIpc) is 2.87. The Hall–Kier alpha value is -1.46. The van der Waals surface area contributed by atoms with Gasteiger partial charge in [0.1, 0.15) is 10.8 Å². The molecule has 1 N–H and O–H groups in total. The van der Waals surface area contributed by atoms with Gasteiger partial charge in [-0.3, -0.25) is 4.79 Å². The highest BCUT2D eigenvalue weighted by Crippen LogP contribution is 2.17. The van der Waals surface area contributed by atoms with E-state index in [0.29, 0.717) is 17.4 Å². The molecule has 0 bridgehead atoms. The van der Waals surface area contributed by atoms with Crippen molar-refractivity contribution in [1.29, 1.82) is 0 Å². The molecular weight excluding hydrogens is 282 g/mol. The van der Waals surface area contributed by atoms with Gasteiger partial charge < -0.3 is 5.32 Å². The normalized spacial score (nSPS) is 10.4. The number of hydrogen-bond donors (Lipinski definition) is 1. The molecule has 0 fully saturated rings. The van der Waals surface area contributed by atoms with Crippen LogP contribution in [0, 0.1) is 0 Å². The molecule has 0 spiro atoms. The Balaban J connectivity index is 1.97. The van der Waals surface area contributed by atoms with Crippen molar-refractivity contribution in [2.75, 3.05) is 6.54 Å². The van der Waals surface area contributed by atoms with E-state index in [1.165, 1.54) is 11.3 Å². The molecule has 2 aromatic heterocycles. The van der Waals surface area contributed by atoms with Gasteiger partial charge in [-0.1, -0.05) is 17.7 Å². The molecule has 2 heterocycles. The smallest absolute Gasteiger partial charge is 0.270 e. The summed E-state index contributed by atoms with van der Waals surface area (Å²) in [5.74, 6) is -0.121. The number of pyridine rings is 1. The Bertz CT molecular complexity index is 571. The van der Waals surface area contributed by atoms with Crippen LogP contribution in [-0.2, 0) is 12.8 Å². The Morgan fingerprint density at radius 2 is 2.32 bits per heavy atom. The first kappa shape index (κ1) is 14.0. The summed E-state index contributed by atoms with van der Waals surface area (Å²) in [7, 11) is 0. The number of aromatic nitrogens is 2. The first-order valence-corrected chi connectivity index (χ1v) is 7.28. The number of carbonyl (C=O) groups excluding carboxylic acids is 1. The molecular formula is C13H14ClN3OS. The third kappa shape index (κ3) is 3.75. The summed E-state index contributed by atoms with van der Waals surface area (Å²) >= 11 is 7.49. The number of nitrogens with zero attached hydrogens (tertiary/aromatic N) is 2. The lowest BCUT2D eigenvalue weighted by Gasteiger charge is -2.00. The van der Waals surface area contributed by atoms with E-state index in [2.05, 4.69) is 15.3 Å². The molecule has 0 saturated heterocycles. The molecule has 0 aliphatic carbocycles. The van der Waals surface area contributed by atoms with Crippen molar-refractivity contribution in [1.82, 2.24) is 15.3 Å². The monoisotopic (exact) mass is 295 g/mol. The van der Waals surface area contributed by atoms with Crippen LogP contribution < -0.4 is 5.32 Å². The summed E-state index contributed by atoms with van der Waals surface area (Å²) in [6.45, 7) is 2.49. The molecule has 1 amide bonds. The quantitative estimate of drug-likeness (QED) is 0.863. The standard InChI is InChI=1S/C13H14ClN3OS/c1-2-15-13(18)10-8-19-11(17-10)6-5-9-4-3-7-16-12(9)14/h3-4,7-8H,2,5-6H2,1H3,(H,15,18). The van der Waals surface area contributed by atoms with Crippen LogP contribution in [0.15, 0.2) is 23.7 Å². The highest BCUT2D eigenvalue weighted by atomic mass is 35.5. The number of aryl methyl sites for hydroxylation is 2. The molecule has 2 aromatic rings. The van der Waals surface area contributed by atoms with Gasteiger partial charge in [-0.25, -0.2) is 9.97 Å². The van der Waals surface area contributed by atoms with Crippen molar-refractivity contribution in [2.24, 2.45) is 0 Å². The van der Waals surface area contributed by atoms with E-state index >= 15 is 0 Å². The van der Waals surface area contributed by atoms with Crippen LogP contribution in [0.2, 0.25) is 5.15 Å². The fourth-order valence-electron chi connectivity index (χ4n) is 1.63. The summed E-state index contributed by atoms with van der Waals surface area (Å²) in [5, 5.41) is 5.98. The second-order valence-electron chi connectivity index (χ2n) is 3.94. The summed E-state index contributed by atoms with van der Waals surface area (Å²) < 4.78 is 0. The zero-order chi connectivity index (χ0) is 13.7. The lowest BCUT2D eigenvalue weighted by atomic mass is 10.2. The third-order valence-corrected chi connectivity index (χ3v) is 3.82. The highest BCUT2D eigenvalue weighted by Gasteiger charge is 2.10. The molecule has 19 heavy (non-hydrogen) atoms. The number of amides is 1. The van der Waals surface area contributed by atoms with Gasteiger partial charge in [0.25, 0.3) is 5.91 Å². The lowest BCUT2D eigenvalue weighted by Crippen LogP contribution is -2.22.